The van der Waals surface area contributed by atoms with Crippen LogP contribution in [0, 0.1) is 12.8 Å². The SMILES string of the molecule is CCCCC(CC)COS(=O)c1ccc(C)cc1. The summed E-state index contributed by atoms with van der Waals surface area (Å²) in [5.74, 6) is 0.527. The molecule has 0 N–H and O–H groups in total. The molecule has 2 atom stereocenters. The Hall–Kier alpha value is -0.670. The molecule has 18 heavy (non-hydrogen) atoms. The van der Waals surface area contributed by atoms with Gasteiger partial charge in [-0.3, -0.25) is 4.18 Å². The predicted octanol–water partition coefficient (Wildman–Crippen LogP) is 4.25. The van der Waals surface area contributed by atoms with E-state index >= 15 is 0 Å². The molecule has 0 aliphatic rings. The number of benzene rings is 1. The van der Waals surface area contributed by atoms with Crippen molar-refractivity contribution >= 4 is 11.1 Å². The summed E-state index contributed by atoms with van der Waals surface area (Å²) in [6.45, 7) is 6.97. The zero-order chi connectivity index (χ0) is 13.4. The Morgan fingerprint density at radius 2 is 1.89 bits per heavy atom. The van der Waals surface area contributed by atoms with Crippen LogP contribution in [0.2, 0.25) is 0 Å². The lowest BCUT2D eigenvalue weighted by molar-refractivity contribution is 0.253. The Morgan fingerprint density at radius 1 is 1.22 bits per heavy atom. The number of rotatable bonds is 8. The quantitative estimate of drug-likeness (QED) is 0.704. The van der Waals surface area contributed by atoms with Crippen molar-refractivity contribution in [1.29, 1.82) is 0 Å². The molecule has 0 aliphatic heterocycles. The summed E-state index contributed by atoms with van der Waals surface area (Å²) in [7, 11) is 0. The van der Waals surface area contributed by atoms with Crippen molar-refractivity contribution in [2.75, 3.05) is 6.61 Å². The van der Waals surface area contributed by atoms with Gasteiger partial charge in [-0.1, -0.05) is 50.8 Å². The molecule has 0 heterocycles. The Balaban J connectivity index is 2.42. The van der Waals surface area contributed by atoms with E-state index in [1.165, 1.54) is 18.4 Å². The van der Waals surface area contributed by atoms with Gasteiger partial charge in [-0.05, 0) is 31.4 Å². The topological polar surface area (TPSA) is 26.3 Å². The third-order valence-corrected chi connectivity index (χ3v) is 4.17. The maximum Gasteiger partial charge on any atom is 0.189 e. The number of unbranched alkanes of at least 4 members (excludes halogenated alkanes) is 1. The zero-order valence-corrected chi connectivity index (χ0v) is 12.5. The van der Waals surface area contributed by atoms with Gasteiger partial charge in [-0.15, -0.1) is 0 Å². The third-order valence-electron chi connectivity index (χ3n) is 3.17. The highest BCUT2D eigenvalue weighted by molar-refractivity contribution is 7.80. The van der Waals surface area contributed by atoms with Gasteiger partial charge in [-0.2, -0.15) is 0 Å². The van der Waals surface area contributed by atoms with Gasteiger partial charge in [0, 0.05) is 0 Å². The van der Waals surface area contributed by atoms with E-state index < -0.39 is 11.1 Å². The van der Waals surface area contributed by atoms with Crippen molar-refractivity contribution in [2.24, 2.45) is 5.92 Å². The third kappa shape index (κ3) is 5.32. The summed E-state index contributed by atoms with van der Waals surface area (Å²) in [6.07, 6.45) is 4.68. The summed E-state index contributed by atoms with van der Waals surface area (Å²) < 4.78 is 17.4. The highest BCUT2D eigenvalue weighted by Crippen LogP contribution is 2.16. The van der Waals surface area contributed by atoms with Crippen LogP contribution in [0.15, 0.2) is 29.2 Å². The standard InChI is InChI=1S/C15H24O2S/c1-4-6-7-14(5-2)12-17-18(16)15-10-8-13(3)9-11-15/h8-11,14H,4-7,12H2,1-3H3. The molecule has 0 fully saturated rings. The minimum absolute atomic E-state index is 0.527. The monoisotopic (exact) mass is 268 g/mol. The lowest BCUT2D eigenvalue weighted by Crippen LogP contribution is -2.10. The van der Waals surface area contributed by atoms with Crippen LogP contribution in [0.5, 0.6) is 0 Å². The van der Waals surface area contributed by atoms with Crippen LogP contribution in [-0.2, 0) is 15.3 Å². The Labute approximate surface area is 113 Å². The van der Waals surface area contributed by atoms with E-state index in [2.05, 4.69) is 13.8 Å². The van der Waals surface area contributed by atoms with E-state index in [9.17, 15) is 4.21 Å². The highest BCUT2D eigenvalue weighted by atomic mass is 32.2. The molecule has 2 nitrogen and oxygen atoms in total. The minimum Gasteiger partial charge on any atom is -0.286 e. The molecular weight excluding hydrogens is 244 g/mol. The fourth-order valence-corrected chi connectivity index (χ4v) is 2.58. The summed E-state index contributed by atoms with van der Waals surface area (Å²) in [5, 5.41) is 0. The van der Waals surface area contributed by atoms with Crippen LogP contribution >= 0.6 is 0 Å². The first kappa shape index (κ1) is 15.4. The second-order valence-corrected chi connectivity index (χ2v) is 5.93. The van der Waals surface area contributed by atoms with Gasteiger partial charge in [0.2, 0.25) is 0 Å². The van der Waals surface area contributed by atoms with Gasteiger partial charge in [0.1, 0.15) is 0 Å². The van der Waals surface area contributed by atoms with Crippen molar-refractivity contribution < 1.29 is 8.39 Å². The van der Waals surface area contributed by atoms with Gasteiger partial charge in [0.05, 0.1) is 11.5 Å². The fraction of sp³-hybridized carbons (Fsp3) is 0.600. The van der Waals surface area contributed by atoms with Crippen LogP contribution in [0.25, 0.3) is 0 Å². The molecule has 0 radical (unpaired) electrons. The molecule has 1 rings (SSSR count). The highest BCUT2D eigenvalue weighted by Gasteiger charge is 2.10. The molecule has 3 heteroatoms. The van der Waals surface area contributed by atoms with Crippen molar-refractivity contribution in [2.45, 2.75) is 51.3 Å². The molecular formula is C15H24O2S. The largest absolute Gasteiger partial charge is 0.286 e. The molecule has 0 bridgehead atoms. The van der Waals surface area contributed by atoms with Crippen molar-refractivity contribution in [3.8, 4) is 0 Å². The van der Waals surface area contributed by atoms with Gasteiger partial charge in [-0.25, -0.2) is 4.21 Å². The zero-order valence-electron chi connectivity index (χ0n) is 11.6. The lowest BCUT2D eigenvalue weighted by Gasteiger charge is -2.13. The van der Waals surface area contributed by atoms with Crippen LogP contribution in [-0.4, -0.2) is 10.8 Å². The Bertz CT molecular complexity index is 359. The van der Waals surface area contributed by atoms with Crippen LogP contribution in [0.4, 0.5) is 0 Å². The van der Waals surface area contributed by atoms with Crippen molar-refractivity contribution in [1.82, 2.24) is 0 Å². The predicted molar refractivity (Wildman–Crippen MR) is 76.8 cm³/mol. The fourth-order valence-electron chi connectivity index (χ4n) is 1.77. The molecule has 0 saturated carbocycles. The van der Waals surface area contributed by atoms with E-state index in [0.717, 1.165) is 17.7 Å². The van der Waals surface area contributed by atoms with Crippen LogP contribution in [0.1, 0.15) is 45.1 Å². The van der Waals surface area contributed by atoms with Gasteiger partial charge in [0.25, 0.3) is 0 Å². The molecule has 2 unspecified atom stereocenters. The van der Waals surface area contributed by atoms with E-state index in [1.807, 2.05) is 31.2 Å². The van der Waals surface area contributed by atoms with Crippen molar-refractivity contribution in [3.63, 3.8) is 0 Å². The van der Waals surface area contributed by atoms with Crippen LogP contribution in [0.3, 0.4) is 0 Å². The summed E-state index contributed by atoms with van der Waals surface area (Å²) in [6, 6.07) is 7.67. The average molecular weight is 268 g/mol. The Morgan fingerprint density at radius 3 is 2.44 bits per heavy atom. The summed E-state index contributed by atoms with van der Waals surface area (Å²) >= 11 is -1.32. The van der Waals surface area contributed by atoms with E-state index in [0.29, 0.717) is 12.5 Å². The maximum atomic E-state index is 11.9. The number of hydrogen-bond acceptors (Lipinski definition) is 2. The van der Waals surface area contributed by atoms with Crippen LogP contribution < -0.4 is 0 Å². The first-order valence-corrected chi connectivity index (χ1v) is 7.86. The Kier molecular flexibility index (Phi) is 7.21. The van der Waals surface area contributed by atoms with E-state index in [-0.39, 0.29) is 0 Å². The second-order valence-electron chi connectivity index (χ2n) is 4.75. The molecule has 0 spiro atoms. The van der Waals surface area contributed by atoms with Gasteiger partial charge >= 0.3 is 0 Å². The first-order chi connectivity index (χ1) is 8.67. The summed E-state index contributed by atoms with van der Waals surface area (Å²) in [4.78, 5) is 0.756. The molecule has 0 amide bonds. The number of hydrogen-bond donors (Lipinski definition) is 0. The normalized spacial score (nSPS) is 14.4. The summed E-state index contributed by atoms with van der Waals surface area (Å²) in [5.41, 5.74) is 1.17. The van der Waals surface area contributed by atoms with Gasteiger partial charge in [0.15, 0.2) is 11.1 Å². The lowest BCUT2D eigenvalue weighted by atomic mass is 10.0. The van der Waals surface area contributed by atoms with E-state index in [1.54, 1.807) is 0 Å². The molecule has 1 aromatic carbocycles. The van der Waals surface area contributed by atoms with E-state index in [4.69, 9.17) is 4.18 Å². The maximum absolute atomic E-state index is 11.9. The smallest absolute Gasteiger partial charge is 0.189 e. The first-order valence-electron chi connectivity index (χ1n) is 6.79. The second kappa shape index (κ2) is 8.44. The average Bonchev–Trinajstić information content (AvgIpc) is 2.39. The molecule has 0 aromatic heterocycles. The van der Waals surface area contributed by atoms with Gasteiger partial charge < -0.3 is 0 Å². The number of aryl methyl sites for hydroxylation is 1. The molecule has 0 aliphatic carbocycles. The minimum atomic E-state index is -1.32. The molecule has 0 saturated heterocycles. The van der Waals surface area contributed by atoms with Crippen molar-refractivity contribution in [3.05, 3.63) is 29.8 Å². The molecule has 1 aromatic rings. The molecule has 102 valence electrons.